The van der Waals surface area contributed by atoms with Gasteiger partial charge in [0, 0.05) is 26.1 Å². The molecule has 1 atom stereocenters. The number of carbonyl (C=O) groups excluding carboxylic acids is 1. The summed E-state index contributed by atoms with van der Waals surface area (Å²) in [5.74, 6) is 0.870. The van der Waals surface area contributed by atoms with Crippen LogP contribution >= 0.6 is 0 Å². The Balaban J connectivity index is 2.29. The normalized spacial score (nSPS) is 22.9. The maximum Gasteiger partial charge on any atom is 0.219 e. The molecule has 0 spiro atoms. The molecule has 1 aliphatic heterocycles. The van der Waals surface area contributed by atoms with Crippen LogP contribution in [0.1, 0.15) is 33.6 Å². The minimum atomic E-state index is 0.222. The van der Waals surface area contributed by atoms with Crippen molar-refractivity contribution >= 4 is 5.91 Å². The Hall–Kier alpha value is -0.570. The van der Waals surface area contributed by atoms with E-state index in [1.54, 1.807) is 6.92 Å². The van der Waals surface area contributed by atoms with Crippen LogP contribution in [0.4, 0.5) is 0 Å². The molecule has 0 aliphatic carbocycles. The fraction of sp³-hybridized carbons (Fsp3) is 0.909. The molecule has 0 bridgehead atoms. The molecule has 0 saturated carbocycles. The number of rotatable bonds is 3. The maximum atomic E-state index is 11.2. The van der Waals surface area contributed by atoms with Crippen LogP contribution in [0, 0.1) is 5.92 Å². The Morgan fingerprint density at radius 2 is 2.29 bits per heavy atom. The number of amides is 1. The van der Waals surface area contributed by atoms with Crippen molar-refractivity contribution in [3.63, 3.8) is 0 Å². The Bertz CT molecular complexity index is 192. The van der Waals surface area contributed by atoms with E-state index in [0.29, 0.717) is 12.0 Å². The van der Waals surface area contributed by atoms with Gasteiger partial charge in [0.15, 0.2) is 0 Å². The van der Waals surface area contributed by atoms with E-state index < -0.39 is 0 Å². The summed E-state index contributed by atoms with van der Waals surface area (Å²) in [4.78, 5) is 13.2. The Kier molecular flexibility index (Phi) is 4.39. The molecule has 3 heteroatoms. The van der Waals surface area contributed by atoms with Gasteiger partial charge in [-0.05, 0) is 25.3 Å². The third-order valence-corrected chi connectivity index (χ3v) is 2.78. The lowest BCUT2D eigenvalue weighted by atomic mass is 9.98. The molecule has 0 aromatic heterocycles. The van der Waals surface area contributed by atoms with Gasteiger partial charge in [0.2, 0.25) is 5.91 Å². The molecule has 0 aromatic carbocycles. The van der Waals surface area contributed by atoms with Crippen molar-refractivity contribution in [2.24, 2.45) is 5.92 Å². The third kappa shape index (κ3) is 3.66. The summed E-state index contributed by atoms with van der Waals surface area (Å²) in [6.07, 6.45) is 2.41. The molecule has 1 heterocycles. The quantitative estimate of drug-likeness (QED) is 0.740. The fourth-order valence-electron chi connectivity index (χ4n) is 1.92. The van der Waals surface area contributed by atoms with E-state index in [0.717, 1.165) is 26.1 Å². The zero-order valence-corrected chi connectivity index (χ0v) is 9.55. The van der Waals surface area contributed by atoms with Crippen LogP contribution in [0.3, 0.4) is 0 Å². The zero-order valence-electron chi connectivity index (χ0n) is 9.55. The molecule has 1 aliphatic rings. The number of likely N-dealkylation sites (tertiary alicyclic amines) is 1. The Morgan fingerprint density at radius 3 is 2.86 bits per heavy atom. The van der Waals surface area contributed by atoms with Gasteiger partial charge in [0.1, 0.15) is 0 Å². The van der Waals surface area contributed by atoms with Gasteiger partial charge >= 0.3 is 0 Å². The van der Waals surface area contributed by atoms with Crippen LogP contribution in [0.25, 0.3) is 0 Å². The van der Waals surface area contributed by atoms with Gasteiger partial charge in [-0.15, -0.1) is 0 Å². The largest absolute Gasteiger partial charge is 0.343 e. The average molecular weight is 198 g/mol. The van der Waals surface area contributed by atoms with Gasteiger partial charge in [-0.1, -0.05) is 13.8 Å². The lowest BCUT2D eigenvalue weighted by Crippen LogP contribution is -2.42. The average Bonchev–Trinajstić information content (AvgIpc) is 2.15. The first-order valence-electron chi connectivity index (χ1n) is 5.58. The highest BCUT2D eigenvalue weighted by atomic mass is 16.2. The molecular weight excluding hydrogens is 176 g/mol. The molecule has 1 fully saturated rings. The molecule has 0 aromatic rings. The molecule has 0 radical (unpaired) electrons. The second kappa shape index (κ2) is 5.35. The highest BCUT2D eigenvalue weighted by Gasteiger charge is 2.21. The number of carbonyl (C=O) groups is 1. The highest BCUT2D eigenvalue weighted by Crippen LogP contribution is 2.15. The summed E-state index contributed by atoms with van der Waals surface area (Å²) in [5, 5.41) is 3.44. The summed E-state index contributed by atoms with van der Waals surface area (Å²) >= 11 is 0. The Labute approximate surface area is 86.9 Å². The van der Waals surface area contributed by atoms with Crippen molar-refractivity contribution in [2.45, 2.75) is 39.7 Å². The summed E-state index contributed by atoms with van der Waals surface area (Å²) < 4.78 is 0. The van der Waals surface area contributed by atoms with Crippen molar-refractivity contribution in [3.8, 4) is 0 Å². The summed E-state index contributed by atoms with van der Waals surface area (Å²) in [6.45, 7) is 8.92. The van der Waals surface area contributed by atoms with E-state index in [-0.39, 0.29) is 5.91 Å². The summed E-state index contributed by atoms with van der Waals surface area (Å²) in [6, 6.07) is 0.544. The van der Waals surface area contributed by atoms with Crippen LogP contribution < -0.4 is 5.32 Å². The van der Waals surface area contributed by atoms with Crippen LogP contribution in [-0.4, -0.2) is 36.5 Å². The zero-order chi connectivity index (χ0) is 10.6. The number of piperidine rings is 1. The van der Waals surface area contributed by atoms with Crippen molar-refractivity contribution in [1.82, 2.24) is 10.2 Å². The molecule has 1 unspecified atom stereocenters. The monoisotopic (exact) mass is 198 g/mol. The smallest absolute Gasteiger partial charge is 0.219 e. The van der Waals surface area contributed by atoms with Gasteiger partial charge < -0.3 is 10.2 Å². The number of nitrogens with one attached hydrogen (secondary N) is 1. The van der Waals surface area contributed by atoms with Gasteiger partial charge in [0.25, 0.3) is 0 Å². The highest BCUT2D eigenvalue weighted by molar-refractivity contribution is 5.73. The van der Waals surface area contributed by atoms with Crippen molar-refractivity contribution in [3.05, 3.63) is 0 Å². The molecule has 1 rings (SSSR count). The lowest BCUT2D eigenvalue weighted by Gasteiger charge is -2.32. The summed E-state index contributed by atoms with van der Waals surface area (Å²) in [5.41, 5.74) is 0. The van der Waals surface area contributed by atoms with Crippen LogP contribution in [-0.2, 0) is 4.79 Å². The van der Waals surface area contributed by atoms with Gasteiger partial charge in [-0.2, -0.15) is 0 Å². The molecule has 14 heavy (non-hydrogen) atoms. The first-order chi connectivity index (χ1) is 6.59. The van der Waals surface area contributed by atoms with Crippen molar-refractivity contribution in [2.75, 3.05) is 19.6 Å². The molecule has 1 amide bonds. The number of nitrogens with zero attached hydrogens (tertiary/aromatic N) is 1. The fourth-order valence-corrected chi connectivity index (χ4v) is 1.92. The van der Waals surface area contributed by atoms with Crippen LogP contribution in [0.15, 0.2) is 0 Å². The second-order valence-electron chi connectivity index (χ2n) is 4.54. The molecule has 3 nitrogen and oxygen atoms in total. The topological polar surface area (TPSA) is 32.3 Å². The predicted octanol–water partition coefficient (Wildman–Crippen LogP) is 1.24. The maximum absolute atomic E-state index is 11.2. The van der Waals surface area contributed by atoms with E-state index in [2.05, 4.69) is 19.2 Å². The van der Waals surface area contributed by atoms with E-state index >= 15 is 0 Å². The lowest BCUT2D eigenvalue weighted by molar-refractivity contribution is -0.130. The minimum absolute atomic E-state index is 0.222. The Morgan fingerprint density at radius 1 is 1.57 bits per heavy atom. The van der Waals surface area contributed by atoms with Crippen molar-refractivity contribution < 1.29 is 4.79 Å². The second-order valence-corrected chi connectivity index (χ2v) is 4.54. The molecule has 1 saturated heterocycles. The minimum Gasteiger partial charge on any atom is -0.343 e. The third-order valence-electron chi connectivity index (χ3n) is 2.78. The first-order valence-corrected chi connectivity index (χ1v) is 5.58. The standard InChI is InChI=1S/C11H22N2O/c1-9(2)12-7-11-5-4-6-13(8-11)10(3)14/h9,11-12H,4-8H2,1-3H3. The van der Waals surface area contributed by atoms with E-state index in [1.807, 2.05) is 4.90 Å². The predicted molar refractivity (Wildman–Crippen MR) is 58.1 cm³/mol. The van der Waals surface area contributed by atoms with Crippen LogP contribution in [0.5, 0.6) is 0 Å². The summed E-state index contributed by atoms with van der Waals surface area (Å²) in [7, 11) is 0. The molecule has 1 N–H and O–H groups in total. The van der Waals surface area contributed by atoms with Gasteiger partial charge in [0.05, 0.1) is 0 Å². The molecular formula is C11H22N2O. The van der Waals surface area contributed by atoms with Crippen LogP contribution in [0.2, 0.25) is 0 Å². The van der Waals surface area contributed by atoms with E-state index in [4.69, 9.17) is 0 Å². The number of hydrogen-bond donors (Lipinski definition) is 1. The van der Waals surface area contributed by atoms with Gasteiger partial charge in [-0.25, -0.2) is 0 Å². The van der Waals surface area contributed by atoms with Crippen molar-refractivity contribution in [1.29, 1.82) is 0 Å². The van der Waals surface area contributed by atoms with E-state index in [1.165, 1.54) is 6.42 Å². The molecule has 82 valence electrons. The first kappa shape index (κ1) is 11.5. The van der Waals surface area contributed by atoms with E-state index in [9.17, 15) is 4.79 Å². The van der Waals surface area contributed by atoms with Gasteiger partial charge in [-0.3, -0.25) is 4.79 Å². The number of hydrogen-bond acceptors (Lipinski definition) is 2. The SMILES string of the molecule is CC(=O)N1CCCC(CNC(C)C)C1.